The normalized spacial score (nSPS) is 10.5. The van der Waals surface area contributed by atoms with Gasteiger partial charge in [0.25, 0.3) is 0 Å². The summed E-state index contributed by atoms with van der Waals surface area (Å²) < 4.78 is 11.1. The van der Waals surface area contributed by atoms with Crippen LogP contribution in [-0.4, -0.2) is 18.4 Å². The third-order valence-electron chi connectivity index (χ3n) is 4.11. The number of carbonyl (C=O) groups excluding carboxylic acids is 2. The van der Waals surface area contributed by atoms with Crippen LogP contribution in [0.3, 0.4) is 0 Å². The smallest absolute Gasteiger partial charge is 0.344 e. The van der Waals surface area contributed by atoms with E-state index in [0.29, 0.717) is 29.9 Å². The molecule has 0 saturated carbocycles. The number of Topliss-reactive ketones (excluding diaryl/α,β-unsaturated/α-hetero) is 1. The van der Waals surface area contributed by atoms with Crippen molar-refractivity contribution >= 4 is 22.5 Å². The Hall–Kier alpha value is -3.14. The molecule has 26 heavy (non-hydrogen) atoms. The van der Waals surface area contributed by atoms with Gasteiger partial charge in [-0.3, -0.25) is 4.79 Å². The molecule has 0 aliphatic heterocycles. The second kappa shape index (κ2) is 7.83. The molecule has 0 heterocycles. The van der Waals surface area contributed by atoms with E-state index in [1.165, 1.54) is 0 Å². The molecule has 3 aromatic rings. The van der Waals surface area contributed by atoms with Crippen LogP contribution >= 0.6 is 0 Å². The average Bonchev–Trinajstić information content (AvgIpc) is 2.68. The lowest BCUT2D eigenvalue weighted by Crippen LogP contribution is -2.09. The van der Waals surface area contributed by atoms with E-state index < -0.39 is 5.97 Å². The maximum absolute atomic E-state index is 12.6. The Morgan fingerprint density at radius 2 is 1.54 bits per heavy atom. The topological polar surface area (TPSA) is 52.6 Å². The highest BCUT2D eigenvalue weighted by Crippen LogP contribution is 2.29. The fourth-order valence-electron chi connectivity index (χ4n) is 2.81. The lowest BCUT2D eigenvalue weighted by atomic mass is 10.0. The van der Waals surface area contributed by atoms with Crippen LogP contribution in [0.5, 0.6) is 11.5 Å². The predicted molar refractivity (Wildman–Crippen MR) is 101 cm³/mol. The van der Waals surface area contributed by atoms with Gasteiger partial charge in [0.05, 0.1) is 12.2 Å². The van der Waals surface area contributed by atoms with Gasteiger partial charge in [-0.05, 0) is 48.7 Å². The monoisotopic (exact) mass is 348 g/mol. The van der Waals surface area contributed by atoms with Gasteiger partial charge in [0.1, 0.15) is 11.5 Å². The first-order valence-corrected chi connectivity index (χ1v) is 8.64. The van der Waals surface area contributed by atoms with E-state index in [9.17, 15) is 9.59 Å². The highest BCUT2D eigenvalue weighted by Gasteiger charge is 2.15. The molecule has 0 aliphatic rings. The summed E-state index contributed by atoms with van der Waals surface area (Å²) in [5.74, 6) is 0.752. The number of carbonyl (C=O) groups is 2. The first-order valence-electron chi connectivity index (χ1n) is 8.64. The maximum Gasteiger partial charge on any atom is 0.344 e. The minimum Gasteiger partial charge on any atom is -0.493 e. The Balaban J connectivity index is 1.88. The Labute approximate surface area is 152 Å². The maximum atomic E-state index is 12.6. The number of ether oxygens (including phenoxy) is 2. The van der Waals surface area contributed by atoms with E-state index in [2.05, 4.69) is 0 Å². The Bertz CT molecular complexity index is 942. The second-order valence-electron chi connectivity index (χ2n) is 5.78. The molecule has 0 aliphatic carbocycles. The Kier molecular flexibility index (Phi) is 5.32. The van der Waals surface area contributed by atoms with Crippen molar-refractivity contribution in [3.63, 3.8) is 0 Å². The lowest BCUT2D eigenvalue weighted by molar-refractivity contribution is 0.0737. The minimum atomic E-state index is -0.446. The highest BCUT2D eigenvalue weighted by atomic mass is 16.5. The Morgan fingerprint density at radius 1 is 0.846 bits per heavy atom. The third-order valence-corrected chi connectivity index (χ3v) is 4.11. The van der Waals surface area contributed by atoms with Crippen LogP contribution in [0.25, 0.3) is 10.8 Å². The van der Waals surface area contributed by atoms with E-state index >= 15 is 0 Å². The first kappa shape index (κ1) is 17.7. The Morgan fingerprint density at radius 3 is 2.19 bits per heavy atom. The van der Waals surface area contributed by atoms with Crippen LogP contribution in [-0.2, 0) is 0 Å². The standard InChI is InChI=1S/C22H20O4/c1-3-20(23)15-9-11-16(12-10-15)26-22(24)19-13-14-21(25-4-2)18-8-6-5-7-17(18)19/h5-14H,3-4H2,1-2H3. The van der Waals surface area contributed by atoms with Crippen molar-refractivity contribution in [2.75, 3.05) is 6.61 Å². The van der Waals surface area contributed by atoms with E-state index in [4.69, 9.17) is 9.47 Å². The molecule has 0 radical (unpaired) electrons. The lowest BCUT2D eigenvalue weighted by Gasteiger charge is -2.11. The van der Waals surface area contributed by atoms with Crippen LogP contribution in [0.1, 0.15) is 41.0 Å². The molecule has 0 spiro atoms. The van der Waals surface area contributed by atoms with Gasteiger partial charge in [-0.15, -0.1) is 0 Å². The van der Waals surface area contributed by atoms with Gasteiger partial charge in [-0.1, -0.05) is 31.2 Å². The predicted octanol–water partition coefficient (Wildman–Crippen LogP) is 5.05. The second-order valence-corrected chi connectivity index (χ2v) is 5.78. The van der Waals surface area contributed by atoms with Crippen LogP contribution in [0.4, 0.5) is 0 Å². The SMILES string of the molecule is CCOc1ccc(C(=O)Oc2ccc(C(=O)CC)cc2)c2ccccc12. The molecule has 132 valence electrons. The van der Waals surface area contributed by atoms with Crippen LogP contribution in [0.2, 0.25) is 0 Å². The summed E-state index contributed by atoms with van der Waals surface area (Å²) in [6, 6.07) is 17.7. The van der Waals surface area contributed by atoms with Crippen LogP contribution < -0.4 is 9.47 Å². The number of esters is 1. The number of fused-ring (bicyclic) bond motifs is 1. The molecule has 0 saturated heterocycles. The summed E-state index contributed by atoms with van der Waals surface area (Å²) in [5.41, 5.74) is 1.08. The van der Waals surface area contributed by atoms with Gasteiger partial charge >= 0.3 is 5.97 Å². The number of ketones is 1. The number of hydrogen-bond acceptors (Lipinski definition) is 4. The van der Waals surface area contributed by atoms with E-state index in [1.807, 2.05) is 38.1 Å². The van der Waals surface area contributed by atoms with Crippen molar-refractivity contribution in [3.05, 3.63) is 71.8 Å². The molecule has 3 rings (SSSR count). The molecule has 0 unspecified atom stereocenters. The average molecular weight is 348 g/mol. The van der Waals surface area contributed by atoms with Gasteiger partial charge in [-0.2, -0.15) is 0 Å². The van der Waals surface area contributed by atoms with Crippen LogP contribution in [0.15, 0.2) is 60.7 Å². The molecule has 0 amide bonds. The van der Waals surface area contributed by atoms with Crippen LogP contribution in [0, 0.1) is 0 Å². The van der Waals surface area contributed by atoms with Gasteiger partial charge < -0.3 is 9.47 Å². The summed E-state index contributed by atoms with van der Waals surface area (Å²) in [5, 5.41) is 1.65. The molecule has 0 fully saturated rings. The van der Waals surface area contributed by atoms with Gasteiger partial charge in [0.15, 0.2) is 5.78 Å². The van der Waals surface area contributed by atoms with Crippen molar-refractivity contribution < 1.29 is 19.1 Å². The van der Waals surface area contributed by atoms with Crippen molar-refractivity contribution in [3.8, 4) is 11.5 Å². The molecular formula is C22H20O4. The van der Waals surface area contributed by atoms with Gasteiger partial charge in [0, 0.05) is 17.4 Å². The van der Waals surface area contributed by atoms with Crippen molar-refractivity contribution in [2.45, 2.75) is 20.3 Å². The zero-order chi connectivity index (χ0) is 18.5. The van der Waals surface area contributed by atoms with E-state index in [-0.39, 0.29) is 5.78 Å². The zero-order valence-corrected chi connectivity index (χ0v) is 14.8. The number of hydrogen-bond donors (Lipinski definition) is 0. The largest absolute Gasteiger partial charge is 0.493 e. The summed E-state index contributed by atoms with van der Waals surface area (Å²) >= 11 is 0. The molecule has 0 bridgehead atoms. The van der Waals surface area contributed by atoms with Crippen molar-refractivity contribution in [1.29, 1.82) is 0 Å². The molecule has 0 aromatic heterocycles. The number of rotatable bonds is 6. The highest BCUT2D eigenvalue weighted by molar-refractivity contribution is 6.07. The number of benzene rings is 3. The van der Waals surface area contributed by atoms with Crippen molar-refractivity contribution in [2.24, 2.45) is 0 Å². The van der Waals surface area contributed by atoms with Gasteiger partial charge in [0.2, 0.25) is 0 Å². The minimum absolute atomic E-state index is 0.0559. The first-order chi connectivity index (χ1) is 12.6. The summed E-state index contributed by atoms with van der Waals surface area (Å²) in [7, 11) is 0. The third kappa shape index (κ3) is 3.59. The summed E-state index contributed by atoms with van der Waals surface area (Å²) in [4.78, 5) is 24.3. The fraction of sp³-hybridized carbons (Fsp3) is 0.182. The zero-order valence-electron chi connectivity index (χ0n) is 14.8. The van der Waals surface area contributed by atoms with E-state index in [0.717, 1.165) is 16.5 Å². The molecule has 4 nitrogen and oxygen atoms in total. The van der Waals surface area contributed by atoms with E-state index in [1.54, 1.807) is 36.4 Å². The fourth-order valence-corrected chi connectivity index (χ4v) is 2.81. The van der Waals surface area contributed by atoms with Gasteiger partial charge in [-0.25, -0.2) is 4.79 Å². The summed E-state index contributed by atoms with van der Waals surface area (Å²) in [6.45, 7) is 4.29. The summed E-state index contributed by atoms with van der Waals surface area (Å²) in [6.07, 6.45) is 0.442. The molecule has 3 aromatic carbocycles. The van der Waals surface area contributed by atoms with Crippen molar-refractivity contribution in [1.82, 2.24) is 0 Å². The molecule has 0 N–H and O–H groups in total. The molecule has 4 heteroatoms. The quantitative estimate of drug-likeness (QED) is 0.355. The molecule has 0 atom stereocenters. The molecular weight excluding hydrogens is 328 g/mol.